The van der Waals surface area contributed by atoms with Crippen LogP contribution in [-0.4, -0.2) is 50.3 Å². The molecule has 0 radical (unpaired) electrons. The highest BCUT2D eigenvalue weighted by molar-refractivity contribution is 7.22. The third kappa shape index (κ3) is 4.09. The molecule has 0 unspecified atom stereocenters. The summed E-state index contributed by atoms with van der Waals surface area (Å²) in [5.41, 5.74) is 3.93. The molecule has 1 aliphatic heterocycles. The van der Waals surface area contributed by atoms with Crippen LogP contribution >= 0.6 is 11.3 Å². The molecule has 1 saturated heterocycles. The molecule has 3 aromatic rings. The maximum atomic E-state index is 13.4. The first-order valence-electron chi connectivity index (χ1n) is 9.78. The Hall–Kier alpha value is -2.28. The Morgan fingerprint density at radius 3 is 2.71 bits per heavy atom. The normalized spacial score (nSPS) is 15.1. The first kappa shape index (κ1) is 19.1. The van der Waals surface area contributed by atoms with Crippen molar-refractivity contribution in [1.82, 2.24) is 4.98 Å². The number of hydrogen-bond donors (Lipinski definition) is 1. The fraction of sp³-hybridized carbons (Fsp3) is 0.364. The summed E-state index contributed by atoms with van der Waals surface area (Å²) in [4.78, 5) is 21.6. The molecule has 1 aromatic heterocycles. The van der Waals surface area contributed by atoms with Gasteiger partial charge >= 0.3 is 0 Å². The van der Waals surface area contributed by atoms with Crippen LogP contribution in [-0.2, 0) is 4.74 Å². The molecule has 1 aliphatic rings. The van der Waals surface area contributed by atoms with Crippen LogP contribution in [0.2, 0.25) is 0 Å². The van der Waals surface area contributed by atoms with E-state index in [1.165, 1.54) is 4.90 Å². The van der Waals surface area contributed by atoms with Gasteiger partial charge in [0.15, 0.2) is 5.13 Å². The maximum absolute atomic E-state index is 13.4. The van der Waals surface area contributed by atoms with Crippen LogP contribution in [0.25, 0.3) is 10.2 Å². The number of aromatic nitrogens is 1. The summed E-state index contributed by atoms with van der Waals surface area (Å²) in [5, 5.41) is 0.781. The number of rotatable bonds is 5. The number of carbonyl (C=O) groups is 1. The van der Waals surface area contributed by atoms with E-state index in [9.17, 15) is 4.79 Å². The first-order chi connectivity index (χ1) is 13.6. The molecule has 0 spiro atoms. The highest BCUT2D eigenvalue weighted by atomic mass is 32.1. The number of ether oxygens (including phenoxy) is 1. The number of benzene rings is 2. The molecule has 1 fully saturated rings. The summed E-state index contributed by atoms with van der Waals surface area (Å²) in [6, 6.07) is 14.0. The number of carbonyl (C=O) groups excluding carboxylic acids is 1. The molecule has 0 bridgehead atoms. The maximum Gasteiger partial charge on any atom is 0.260 e. The predicted octanol–water partition coefficient (Wildman–Crippen LogP) is 2.48. The van der Waals surface area contributed by atoms with Crippen molar-refractivity contribution in [1.29, 1.82) is 0 Å². The highest BCUT2D eigenvalue weighted by Crippen LogP contribution is 2.31. The summed E-state index contributed by atoms with van der Waals surface area (Å²) in [7, 11) is 0. The number of amides is 1. The lowest BCUT2D eigenvalue weighted by Gasteiger charge is -2.27. The zero-order valence-corrected chi connectivity index (χ0v) is 17.2. The Morgan fingerprint density at radius 1 is 1.18 bits per heavy atom. The van der Waals surface area contributed by atoms with Crippen LogP contribution in [0.15, 0.2) is 42.5 Å². The molecular formula is C22H26N3O2S+. The van der Waals surface area contributed by atoms with Gasteiger partial charge in [-0.3, -0.25) is 9.69 Å². The molecule has 0 saturated carbocycles. The molecule has 1 N–H and O–H groups in total. The minimum Gasteiger partial charge on any atom is -0.370 e. The summed E-state index contributed by atoms with van der Waals surface area (Å²) in [6.07, 6.45) is 0. The van der Waals surface area contributed by atoms with Gasteiger partial charge in [-0.25, -0.2) is 4.98 Å². The van der Waals surface area contributed by atoms with Crippen LogP contribution in [0, 0.1) is 13.8 Å². The fourth-order valence-electron chi connectivity index (χ4n) is 3.59. The van der Waals surface area contributed by atoms with Crippen LogP contribution in [0.3, 0.4) is 0 Å². The standard InChI is InChI=1S/C22H25N3O2S/c1-16-5-3-7-18(15-16)21(26)25(10-9-24-11-13-27-14-12-24)22-23-20-17(2)6-4-8-19(20)28-22/h3-8,15H,9-14H2,1-2H3/p+1. The number of nitrogens with one attached hydrogen (secondary N) is 1. The number of aryl methyl sites for hydroxylation is 2. The van der Waals surface area contributed by atoms with Gasteiger partial charge in [0.2, 0.25) is 0 Å². The third-order valence-electron chi connectivity index (χ3n) is 5.24. The van der Waals surface area contributed by atoms with E-state index < -0.39 is 0 Å². The second-order valence-electron chi connectivity index (χ2n) is 7.36. The van der Waals surface area contributed by atoms with Crippen molar-refractivity contribution in [3.05, 3.63) is 59.2 Å². The lowest BCUT2D eigenvalue weighted by molar-refractivity contribution is -0.906. The Balaban J connectivity index is 1.65. The van der Waals surface area contributed by atoms with E-state index in [1.807, 2.05) is 42.2 Å². The van der Waals surface area contributed by atoms with Gasteiger partial charge in [-0.15, -0.1) is 0 Å². The molecule has 28 heavy (non-hydrogen) atoms. The molecule has 2 aromatic carbocycles. The smallest absolute Gasteiger partial charge is 0.260 e. The Labute approximate surface area is 169 Å². The molecule has 0 atom stereocenters. The van der Waals surface area contributed by atoms with Gasteiger partial charge in [-0.2, -0.15) is 0 Å². The highest BCUT2D eigenvalue weighted by Gasteiger charge is 2.24. The van der Waals surface area contributed by atoms with Gasteiger partial charge in [0.1, 0.15) is 13.1 Å². The van der Waals surface area contributed by atoms with E-state index in [2.05, 4.69) is 19.1 Å². The topological polar surface area (TPSA) is 46.9 Å². The van der Waals surface area contributed by atoms with E-state index in [1.54, 1.807) is 11.3 Å². The fourth-order valence-corrected chi connectivity index (χ4v) is 4.66. The van der Waals surface area contributed by atoms with Gasteiger partial charge in [0.25, 0.3) is 5.91 Å². The lowest BCUT2D eigenvalue weighted by atomic mass is 10.1. The zero-order valence-electron chi connectivity index (χ0n) is 16.4. The molecule has 5 nitrogen and oxygen atoms in total. The lowest BCUT2D eigenvalue weighted by Crippen LogP contribution is -3.14. The number of quaternary nitrogens is 1. The quantitative estimate of drug-likeness (QED) is 0.721. The number of hydrogen-bond acceptors (Lipinski definition) is 4. The second kappa shape index (κ2) is 8.39. The van der Waals surface area contributed by atoms with Crippen molar-refractivity contribution in [3.8, 4) is 0 Å². The largest absolute Gasteiger partial charge is 0.370 e. The van der Waals surface area contributed by atoms with Gasteiger partial charge < -0.3 is 9.64 Å². The van der Waals surface area contributed by atoms with Crippen LogP contribution in [0.4, 0.5) is 5.13 Å². The predicted molar refractivity (Wildman–Crippen MR) is 114 cm³/mol. The molecule has 146 valence electrons. The SMILES string of the molecule is Cc1cccc(C(=O)N(CC[NH+]2CCOCC2)c2nc3c(C)cccc3s2)c1. The van der Waals surface area contributed by atoms with Crippen molar-refractivity contribution >= 4 is 32.6 Å². The third-order valence-corrected chi connectivity index (χ3v) is 6.28. The second-order valence-corrected chi connectivity index (χ2v) is 8.37. The van der Waals surface area contributed by atoms with Crippen molar-refractivity contribution in [3.63, 3.8) is 0 Å². The Morgan fingerprint density at radius 2 is 1.96 bits per heavy atom. The van der Waals surface area contributed by atoms with Gasteiger partial charge in [0, 0.05) is 5.56 Å². The monoisotopic (exact) mass is 396 g/mol. The minimum atomic E-state index is 0.0214. The number of thiazole rings is 1. The first-order valence-corrected chi connectivity index (χ1v) is 10.6. The van der Waals surface area contributed by atoms with Crippen molar-refractivity contribution in [2.45, 2.75) is 13.8 Å². The average Bonchev–Trinajstić information content (AvgIpc) is 3.14. The van der Waals surface area contributed by atoms with Gasteiger partial charge in [-0.05, 0) is 37.6 Å². The molecule has 1 amide bonds. The van der Waals surface area contributed by atoms with Crippen molar-refractivity contribution in [2.75, 3.05) is 44.3 Å². The molecular weight excluding hydrogens is 370 g/mol. The van der Waals surface area contributed by atoms with E-state index in [0.29, 0.717) is 12.1 Å². The van der Waals surface area contributed by atoms with Crippen molar-refractivity contribution < 1.29 is 14.4 Å². The van der Waals surface area contributed by atoms with E-state index in [4.69, 9.17) is 9.72 Å². The zero-order chi connectivity index (χ0) is 19.5. The summed E-state index contributed by atoms with van der Waals surface area (Å²) >= 11 is 1.59. The van der Waals surface area contributed by atoms with E-state index in [0.717, 1.165) is 59.3 Å². The number of morpholine rings is 1. The molecule has 2 heterocycles. The Kier molecular flexibility index (Phi) is 5.71. The van der Waals surface area contributed by atoms with Crippen LogP contribution < -0.4 is 9.80 Å². The molecule has 4 rings (SSSR count). The molecule has 6 heteroatoms. The van der Waals surface area contributed by atoms with Crippen LogP contribution in [0.1, 0.15) is 21.5 Å². The molecule has 0 aliphatic carbocycles. The van der Waals surface area contributed by atoms with E-state index >= 15 is 0 Å². The van der Waals surface area contributed by atoms with Gasteiger partial charge in [-0.1, -0.05) is 41.2 Å². The van der Waals surface area contributed by atoms with Gasteiger partial charge in [0.05, 0.1) is 36.5 Å². The number of para-hydroxylation sites is 1. The van der Waals surface area contributed by atoms with Crippen molar-refractivity contribution in [2.24, 2.45) is 0 Å². The number of nitrogens with zero attached hydrogens (tertiary/aromatic N) is 2. The summed E-state index contributed by atoms with van der Waals surface area (Å²) in [5.74, 6) is 0.0214. The minimum absolute atomic E-state index is 0.0214. The average molecular weight is 397 g/mol. The van der Waals surface area contributed by atoms with E-state index in [-0.39, 0.29) is 5.91 Å². The summed E-state index contributed by atoms with van der Waals surface area (Å²) in [6.45, 7) is 9.20. The number of fused-ring (bicyclic) bond motifs is 1. The summed E-state index contributed by atoms with van der Waals surface area (Å²) < 4.78 is 6.58. The Bertz CT molecular complexity index is 979. The number of anilines is 1. The van der Waals surface area contributed by atoms with Crippen LogP contribution in [0.5, 0.6) is 0 Å².